The van der Waals surface area contributed by atoms with Crippen LogP contribution in [0.3, 0.4) is 0 Å². The molecule has 0 radical (unpaired) electrons. The number of hydrogen-bond donors (Lipinski definition) is 0. The Morgan fingerprint density at radius 3 is 2.65 bits per heavy atom. The fourth-order valence-electron chi connectivity index (χ4n) is 4.24. The Labute approximate surface area is 137 Å². The quantitative estimate of drug-likeness (QED) is 0.842. The molecule has 124 valence electrons. The van der Waals surface area contributed by atoms with Crippen LogP contribution in [0.1, 0.15) is 43.6 Å². The van der Waals surface area contributed by atoms with Crippen LogP contribution in [0.25, 0.3) is 0 Å². The van der Waals surface area contributed by atoms with Gasteiger partial charge in [-0.1, -0.05) is 30.3 Å². The molecule has 0 aromatic heterocycles. The fourth-order valence-corrected chi connectivity index (χ4v) is 4.24. The lowest BCUT2D eigenvalue weighted by Gasteiger charge is -2.39. The van der Waals surface area contributed by atoms with E-state index in [1.165, 1.54) is 5.56 Å². The summed E-state index contributed by atoms with van der Waals surface area (Å²) in [5.41, 5.74) is 1.36. The third-order valence-electron chi connectivity index (χ3n) is 5.67. The van der Waals surface area contributed by atoms with Gasteiger partial charge < -0.3 is 14.4 Å². The smallest absolute Gasteiger partial charge is 0.251 e. The zero-order chi connectivity index (χ0) is 15.7. The maximum absolute atomic E-state index is 12.4. The van der Waals surface area contributed by atoms with Gasteiger partial charge in [-0.15, -0.1) is 0 Å². The molecule has 0 bridgehead atoms. The molecular formula is C19H25NO3. The molecule has 2 atom stereocenters. The second-order valence-corrected chi connectivity index (χ2v) is 7.13. The molecule has 4 heteroatoms. The molecule has 3 saturated heterocycles. The van der Waals surface area contributed by atoms with Crippen LogP contribution < -0.4 is 0 Å². The van der Waals surface area contributed by atoms with Gasteiger partial charge in [0.1, 0.15) is 6.10 Å². The summed E-state index contributed by atoms with van der Waals surface area (Å²) >= 11 is 0. The summed E-state index contributed by atoms with van der Waals surface area (Å²) in [7, 11) is 0. The summed E-state index contributed by atoms with van der Waals surface area (Å²) in [4.78, 5) is 14.4. The topological polar surface area (TPSA) is 38.8 Å². The molecule has 4 rings (SSSR count). The minimum atomic E-state index is -0.189. The number of carbonyl (C=O) groups excluding carboxylic acids is 1. The predicted octanol–water partition coefficient (Wildman–Crippen LogP) is 2.73. The highest BCUT2D eigenvalue weighted by atomic mass is 16.5. The lowest BCUT2D eigenvalue weighted by atomic mass is 9.83. The first kappa shape index (κ1) is 15.2. The Morgan fingerprint density at radius 1 is 1.17 bits per heavy atom. The van der Waals surface area contributed by atoms with Crippen LogP contribution in [0.4, 0.5) is 0 Å². The number of rotatable bonds is 2. The Hall–Kier alpha value is -1.39. The van der Waals surface area contributed by atoms with E-state index in [2.05, 4.69) is 30.3 Å². The summed E-state index contributed by atoms with van der Waals surface area (Å²) in [5, 5.41) is 0. The first-order chi connectivity index (χ1) is 11.3. The van der Waals surface area contributed by atoms with Crippen LogP contribution in [-0.2, 0) is 14.3 Å². The third kappa shape index (κ3) is 3.02. The molecule has 0 N–H and O–H groups in total. The van der Waals surface area contributed by atoms with Crippen LogP contribution in [0.5, 0.6) is 0 Å². The van der Waals surface area contributed by atoms with E-state index in [0.717, 1.165) is 58.4 Å². The Bertz CT molecular complexity index is 545. The normalized spacial score (nSPS) is 30.0. The number of likely N-dealkylation sites (tertiary alicyclic amines) is 1. The Morgan fingerprint density at radius 2 is 1.96 bits per heavy atom. The van der Waals surface area contributed by atoms with Gasteiger partial charge in [0.15, 0.2) is 0 Å². The van der Waals surface area contributed by atoms with Crippen molar-refractivity contribution in [2.45, 2.75) is 49.7 Å². The number of nitrogens with zero attached hydrogens (tertiary/aromatic N) is 1. The van der Waals surface area contributed by atoms with Crippen LogP contribution in [-0.4, -0.2) is 48.8 Å². The average molecular weight is 315 g/mol. The van der Waals surface area contributed by atoms with Gasteiger partial charge in [0.2, 0.25) is 0 Å². The third-order valence-corrected chi connectivity index (χ3v) is 5.67. The zero-order valence-electron chi connectivity index (χ0n) is 13.6. The molecule has 3 fully saturated rings. The number of amides is 1. The summed E-state index contributed by atoms with van der Waals surface area (Å²) in [6.07, 6.45) is 4.69. The lowest BCUT2D eigenvalue weighted by molar-refractivity contribution is -0.145. The number of hydrogen-bond acceptors (Lipinski definition) is 3. The first-order valence-corrected chi connectivity index (χ1v) is 8.85. The summed E-state index contributed by atoms with van der Waals surface area (Å²) in [6.45, 7) is 3.15. The number of benzene rings is 1. The highest BCUT2D eigenvalue weighted by molar-refractivity contribution is 5.81. The van der Waals surface area contributed by atoms with Gasteiger partial charge in [-0.05, 0) is 37.7 Å². The van der Waals surface area contributed by atoms with Gasteiger partial charge in [-0.3, -0.25) is 4.79 Å². The molecule has 3 aliphatic rings. The van der Waals surface area contributed by atoms with E-state index in [1.807, 2.05) is 4.90 Å². The number of piperidine rings is 1. The highest BCUT2D eigenvalue weighted by Gasteiger charge is 2.44. The van der Waals surface area contributed by atoms with E-state index in [9.17, 15) is 4.79 Å². The van der Waals surface area contributed by atoms with E-state index >= 15 is 0 Å². The monoisotopic (exact) mass is 315 g/mol. The van der Waals surface area contributed by atoms with Crippen molar-refractivity contribution in [2.24, 2.45) is 0 Å². The zero-order valence-corrected chi connectivity index (χ0v) is 13.6. The highest BCUT2D eigenvalue weighted by Crippen LogP contribution is 2.42. The van der Waals surface area contributed by atoms with Crippen molar-refractivity contribution < 1.29 is 14.3 Å². The molecule has 1 amide bonds. The first-order valence-electron chi connectivity index (χ1n) is 8.85. The minimum Gasteiger partial charge on any atom is -0.374 e. The standard InChI is InChI=1S/C19H25NO3/c21-18(17-7-4-12-22-17)20-10-8-19(9-11-20)13-16(14-23-19)15-5-2-1-3-6-15/h1-3,5-6,16-17H,4,7-14H2/t16-,17+/m1/s1. The number of ether oxygens (including phenoxy) is 2. The van der Waals surface area contributed by atoms with Crippen molar-refractivity contribution in [3.05, 3.63) is 35.9 Å². The molecule has 4 nitrogen and oxygen atoms in total. The second kappa shape index (κ2) is 6.25. The van der Waals surface area contributed by atoms with E-state index in [1.54, 1.807) is 0 Å². The minimum absolute atomic E-state index is 0.0200. The molecule has 1 spiro atoms. The molecular weight excluding hydrogens is 290 g/mol. The summed E-state index contributed by atoms with van der Waals surface area (Å²) < 4.78 is 11.8. The van der Waals surface area contributed by atoms with Gasteiger partial charge in [0, 0.05) is 25.6 Å². The van der Waals surface area contributed by atoms with Gasteiger partial charge >= 0.3 is 0 Å². The SMILES string of the molecule is O=C([C@@H]1CCCO1)N1CCC2(CC1)C[C@@H](c1ccccc1)CO2. The molecule has 0 saturated carbocycles. The molecule has 0 unspecified atom stereocenters. The summed E-state index contributed by atoms with van der Waals surface area (Å²) in [6, 6.07) is 10.7. The van der Waals surface area contributed by atoms with Gasteiger partial charge in [0.05, 0.1) is 12.2 Å². The molecule has 1 aromatic carbocycles. The lowest BCUT2D eigenvalue weighted by Crippen LogP contribution is -2.49. The van der Waals surface area contributed by atoms with Crippen LogP contribution in [0.15, 0.2) is 30.3 Å². The van der Waals surface area contributed by atoms with Crippen molar-refractivity contribution in [3.63, 3.8) is 0 Å². The maximum Gasteiger partial charge on any atom is 0.251 e. The van der Waals surface area contributed by atoms with Crippen molar-refractivity contribution in [3.8, 4) is 0 Å². The molecule has 0 aliphatic carbocycles. The molecule has 3 aliphatic heterocycles. The van der Waals surface area contributed by atoms with Crippen LogP contribution >= 0.6 is 0 Å². The molecule has 3 heterocycles. The molecule has 23 heavy (non-hydrogen) atoms. The maximum atomic E-state index is 12.4. The van der Waals surface area contributed by atoms with Crippen molar-refractivity contribution in [2.75, 3.05) is 26.3 Å². The van der Waals surface area contributed by atoms with Crippen LogP contribution in [0, 0.1) is 0 Å². The van der Waals surface area contributed by atoms with Gasteiger partial charge in [0.25, 0.3) is 5.91 Å². The van der Waals surface area contributed by atoms with E-state index < -0.39 is 0 Å². The van der Waals surface area contributed by atoms with E-state index in [4.69, 9.17) is 9.47 Å². The van der Waals surface area contributed by atoms with Crippen molar-refractivity contribution in [1.82, 2.24) is 4.90 Å². The van der Waals surface area contributed by atoms with Crippen LogP contribution in [0.2, 0.25) is 0 Å². The summed E-state index contributed by atoms with van der Waals surface area (Å²) in [5.74, 6) is 0.687. The Kier molecular flexibility index (Phi) is 4.12. The Balaban J connectivity index is 1.35. The fraction of sp³-hybridized carbons (Fsp3) is 0.632. The van der Waals surface area contributed by atoms with E-state index in [-0.39, 0.29) is 17.6 Å². The predicted molar refractivity (Wildman–Crippen MR) is 87.3 cm³/mol. The van der Waals surface area contributed by atoms with Crippen molar-refractivity contribution >= 4 is 5.91 Å². The van der Waals surface area contributed by atoms with Gasteiger partial charge in [-0.25, -0.2) is 0 Å². The second-order valence-electron chi connectivity index (χ2n) is 7.13. The van der Waals surface area contributed by atoms with E-state index in [0.29, 0.717) is 5.92 Å². The average Bonchev–Trinajstić information content (AvgIpc) is 3.26. The largest absolute Gasteiger partial charge is 0.374 e. The number of carbonyl (C=O) groups is 1. The molecule has 1 aromatic rings. The van der Waals surface area contributed by atoms with Gasteiger partial charge in [-0.2, -0.15) is 0 Å². The van der Waals surface area contributed by atoms with Crippen molar-refractivity contribution in [1.29, 1.82) is 0 Å².